The van der Waals surface area contributed by atoms with Gasteiger partial charge in [-0.25, -0.2) is 0 Å². The van der Waals surface area contributed by atoms with E-state index in [2.05, 4.69) is 164 Å². The van der Waals surface area contributed by atoms with Crippen molar-refractivity contribution < 1.29 is 0 Å². The minimum atomic E-state index is -1.22. The van der Waals surface area contributed by atoms with Crippen molar-refractivity contribution in [2.24, 2.45) is 0 Å². The molecule has 0 saturated carbocycles. The van der Waals surface area contributed by atoms with E-state index in [1.807, 2.05) is 0 Å². The van der Waals surface area contributed by atoms with Crippen molar-refractivity contribution in [3.63, 3.8) is 0 Å². The first-order valence-corrected chi connectivity index (χ1v) is 17.5. The third kappa shape index (κ3) is 5.79. The predicted octanol–water partition coefficient (Wildman–Crippen LogP) is 5.10. The van der Waals surface area contributed by atoms with Gasteiger partial charge in [-0.2, -0.15) is 21.9 Å². The fourth-order valence-corrected chi connectivity index (χ4v) is 7.67. The number of hydrogen-bond acceptors (Lipinski definition) is 0. The van der Waals surface area contributed by atoms with Gasteiger partial charge in [0.2, 0.25) is 0 Å². The maximum Gasteiger partial charge on any atom is 0.108 e. The second-order valence-corrected chi connectivity index (χ2v) is 15.4. The van der Waals surface area contributed by atoms with E-state index in [1.165, 1.54) is 26.3 Å². The maximum absolute atomic E-state index is 2.43. The SMILES string of the molecule is CC[Te+](C)c1ccccc1.c1ccc([B-](c2ccccc2)(c2ccccc2)c2ccccc2)cc1. The molecule has 0 spiro atoms. The molecule has 0 saturated heterocycles. The Morgan fingerprint density at radius 1 is 0.429 bits per heavy atom. The van der Waals surface area contributed by atoms with Gasteiger partial charge in [-0.1, -0.05) is 121 Å². The molecular formula is C33H33BTe. The van der Waals surface area contributed by atoms with E-state index in [0.717, 1.165) is 0 Å². The zero-order valence-corrected chi connectivity index (χ0v) is 23.0. The van der Waals surface area contributed by atoms with E-state index in [-0.39, 0.29) is 0 Å². The van der Waals surface area contributed by atoms with Crippen LogP contribution in [0.2, 0.25) is 9.44 Å². The second kappa shape index (κ2) is 12.6. The zero-order valence-electron chi connectivity index (χ0n) is 20.6. The van der Waals surface area contributed by atoms with Gasteiger partial charge >= 0.3 is 69.9 Å². The van der Waals surface area contributed by atoms with Gasteiger partial charge < -0.3 is 0 Å². The Kier molecular flexibility index (Phi) is 9.02. The van der Waals surface area contributed by atoms with Crippen molar-refractivity contribution in [1.82, 2.24) is 0 Å². The first kappa shape index (κ1) is 25.1. The molecule has 0 aromatic heterocycles. The Bertz CT molecular complexity index is 1090. The standard InChI is InChI=1S/C24H20B.C9H13Te/c1-5-13-21(14-6-1)25(22-15-7-2-8-16-22,23-17-9-3-10-18-23)24-19-11-4-12-20-24;1-3-10(2)9-7-5-4-6-8-9/h1-20H;4-8H,3H2,1-2H3/q-1;+1. The number of benzene rings is 5. The van der Waals surface area contributed by atoms with Crippen molar-refractivity contribution in [3.8, 4) is 0 Å². The topological polar surface area (TPSA) is 0 Å². The molecule has 0 bridgehead atoms. The molecule has 0 atom stereocenters. The predicted molar refractivity (Wildman–Crippen MR) is 158 cm³/mol. The quantitative estimate of drug-likeness (QED) is 0.251. The monoisotopic (exact) mass is 570 g/mol. The summed E-state index contributed by atoms with van der Waals surface area (Å²) in [7, 11) is 0. The van der Waals surface area contributed by atoms with Gasteiger partial charge in [0.1, 0.15) is 6.15 Å². The number of hydrogen-bond donors (Lipinski definition) is 0. The molecule has 0 N–H and O–H groups in total. The average molecular weight is 568 g/mol. The van der Waals surface area contributed by atoms with Gasteiger partial charge in [0.15, 0.2) is 0 Å². The molecule has 0 heterocycles. The van der Waals surface area contributed by atoms with E-state index in [0.29, 0.717) is 0 Å². The van der Waals surface area contributed by atoms with E-state index in [4.69, 9.17) is 0 Å². The van der Waals surface area contributed by atoms with Crippen LogP contribution in [0.1, 0.15) is 6.92 Å². The van der Waals surface area contributed by atoms with Gasteiger partial charge in [-0.15, -0.1) is 0 Å². The largest absolute Gasteiger partial charge is 0.195 e. The first-order valence-electron chi connectivity index (χ1n) is 12.3. The molecule has 0 nitrogen and oxygen atoms in total. The molecule has 0 aliphatic carbocycles. The molecule has 35 heavy (non-hydrogen) atoms. The fourth-order valence-electron chi connectivity index (χ4n) is 4.94. The Balaban J connectivity index is 0.000000243. The van der Waals surface area contributed by atoms with Gasteiger partial charge in [-0.3, -0.25) is 0 Å². The Hall–Kier alpha value is -3.05. The third-order valence-electron chi connectivity index (χ3n) is 6.78. The van der Waals surface area contributed by atoms with Crippen LogP contribution in [0.15, 0.2) is 152 Å². The molecule has 0 radical (unpaired) electrons. The molecular weight excluding hydrogens is 535 g/mol. The first-order chi connectivity index (χ1) is 17.3. The van der Waals surface area contributed by atoms with Crippen molar-refractivity contribution in [1.29, 1.82) is 0 Å². The van der Waals surface area contributed by atoms with Crippen LogP contribution in [-0.2, 0) is 0 Å². The van der Waals surface area contributed by atoms with Crippen LogP contribution in [0.4, 0.5) is 0 Å². The van der Waals surface area contributed by atoms with E-state index in [9.17, 15) is 0 Å². The van der Waals surface area contributed by atoms with Crippen LogP contribution in [0.5, 0.6) is 0 Å². The molecule has 0 unspecified atom stereocenters. The van der Waals surface area contributed by atoms with Crippen LogP contribution in [0, 0.1) is 0 Å². The summed E-state index contributed by atoms with van der Waals surface area (Å²) in [6.45, 7) is 2.30. The van der Waals surface area contributed by atoms with Crippen molar-refractivity contribution in [2.45, 2.75) is 16.4 Å². The van der Waals surface area contributed by atoms with Gasteiger partial charge in [0.05, 0.1) is 0 Å². The zero-order chi connectivity index (χ0) is 24.3. The summed E-state index contributed by atoms with van der Waals surface area (Å²) in [5.74, 6) is 0. The van der Waals surface area contributed by atoms with E-state index in [1.54, 1.807) is 3.61 Å². The summed E-state index contributed by atoms with van der Waals surface area (Å²) in [5.41, 5.74) is 5.36. The van der Waals surface area contributed by atoms with Crippen LogP contribution in [0.3, 0.4) is 0 Å². The van der Waals surface area contributed by atoms with Crippen molar-refractivity contribution in [2.75, 3.05) is 0 Å². The summed E-state index contributed by atoms with van der Waals surface area (Å²) < 4.78 is 3.02. The van der Waals surface area contributed by atoms with Gasteiger partial charge in [0, 0.05) is 0 Å². The van der Waals surface area contributed by atoms with Gasteiger partial charge in [0.25, 0.3) is 0 Å². The molecule has 0 aliphatic heterocycles. The summed E-state index contributed by atoms with van der Waals surface area (Å²) in [6, 6.07) is 54.4. The fraction of sp³-hybridized carbons (Fsp3) is 0.0909. The minimum Gasteiger partial charge on any atom is -0.195 e. The van der Waals surface area contributed by atoms with Crippen LogP contribution < -0.4 is 25.5 Å². The van der Waals surface area contributed by atoms with Crippen LogP contribution in [-0.4, -0.2) is 25.7 Å². The summed E-state index contributed by atoms with van der Waals surface area (Å²) in [5, 5.41) is 0. The van der Waals surface area contributed by atoms with Crippen molar-refractivity contribution in [3.05, 3.63) is 152 Å². The normalized spacial score (nSPS) is 10.9. The minimum absolute atomic E-state index is 0.819. The summed E-state index contributed by atoms with van der Waals surface area (Å²) in [6.07, 6.45) is -1.22. The number of rotatable bonds is 6. The van der Waals surface area contributed by atoms with Crippen molar-refractivity contribution >= 4 is 51.2 Å². The second-order valence-electron chi connectivity index (χ2n) is 8.75. The molecule has 0 fully saturated rings. The summed E-state index contributed by atoms with van der Waals surface area (Å²) in [4.78, 5) is 2.43. The molecule has 174 valence electrons. The Labute approximate surface area is 218 Å². The van der Waals surface area contributed by atoms with Crippen LogP contribution >= 0.6 is 0 Å². The molecule has 0 aliphatic rings. The van der Waals surface area contributed by atoms with E-state index >= 15 is 0 Å². The molecule has 5 rings (SSSR count). The average Bonchev–Trinajstić information content (AvgIpc) is 2.96. The Morgan fingerprint density at radius 2 is 0.686 bits per heavy atom. The molecule has 2 heteroatoms. The third-order valence-corrected chi connectivity index (χ3v) is 12.3. The molecule has 5 aromatic rings. The molecule has 5 aromatic carbocycles. The maximum atomic E-state index is 2.43. The Morgan fingerprint density at radius 3 is 0.943 bits per heavy atom. The summed E-state index contributed by atoms with van der Waals surface area (Å²) >= 11 is -0.819. The van der Waals surface area contributed by atoms with E-state index < -0.39 is 25.7 Å². The van der Waals surface area contributed by atoms with Crippen LogP contribution in [0.25, 0.3) is 0 Å². The smallest absolute Gasteiger partial charge is 0.108 e. The van der Waals surface area contributed by atoms with Gasteiger partial charge in [-0.05, 0) is 0 Å². The molecule has 0 amide bonds.